The molecule has 1 saturated carbocycles. The van der Waals surface area contributed by atoms with E-state index in [2.05, 4.69) is 15.3 Å². The number of hydrogen-bond acceptors (Lipinski definition) is 8. The van der Waals surface area contributed by atoms with E-state index in [1.165, 1.54) is 16.8 Å². The molecule has 1 aliphatic rings. The second-order valence-corrected chi connectivity index (χ2v) is 12.6. The monoisotopic (exact) mass is 576 g/mol. The molecule has 12 heteroatoms. The van der Waals surface area contributed by atoms with Gasteiger partial charge in [-0.25, -0.2) is 22.2 Å². The fourth-order valence-corrected chi connectivity index (χ4v) is 6.30. The summed E-state index contributed by atoms with van der Waals surface area (Å²) < 4.78 is 59.7. The van der Waals surface area contributed by atoms with E-state index in [9.17, 15) is 26.8 Å². The summed E-state index contributed by atoms with van der Waals surface area (Å²) in [7, 11) is -3.53. The topological polar surface area (TPSA) is 120 Å². The van der Waals surface area contributed by atoms with Crippen molar-refractivity contribution >= 4 is 38.8 Å². The second-order valence-electron chi connectivity index (χ2n) is 10.5. The molecule has 1 N–H and O–H groups in total. The zero-order chi connectivity index (χ0) is 29.0. The highest BCUT2D eigenvalue weighted by atomic mass is 32.2. The van der Waals surface area contributed by atoms with Crippen LogP contribution in [0.4, 0.5) is 20.4 Å². The van der Waals surface area contributed by atoms with Gasteiger partial charge in [-0.1, -0.05) is 0 Å². The number of anilines is 2. The molecule has 0 bridgehead atoms. The van der Waals surface area contributed by atoms with E-state index in [4.69, 9.17) is 4.74 Å². The molecule has 2 heterocycles. The molecule has 0 saturated heterocycles. The van der Waals surface area contributed by atoms with Crippen LogP contribution >= 0.6 is 0 Å². The molecule has 3 aromatic rings. The zero-order valence-electron chi connectivity index (χ0n) is 22.8. The van der Waals surface area contributed by atoms with Crippen molar-refractivity contribution in [3.63, 3.8) is 0 Å². The number of pyridine rings is 1. The molecule has 2 aromatic heterocycles. The van der Waals surface area contributed by atoms with E-state index in [1.54, 1.807) is 32.9 Å². The van der Waals surface area contributed by atoms with Crippen molar-refractivity contribution in [3.8, 4) is 0 Å². The van der Waals surface area contributed by atoms with Gasteiger partial charge in [0.1, 0.15) is 11.9 Å². The number of sulfone groups is 1. The molecule has 4 rings (SSSR count). The van der Waals surface area contributed by atoms with Crippen molar-refractivity contribution < 1.29 is 26.7 Å². The highest BCUT2D eigenvalue weighted by Gasteiger charge is 2.22. The Kier molecular flexibility index (Phi) is 9.29. The van der Waals surface area contributed by atoms with Crippen molar-refractivity contribution in [2.45, 2.75) is 76.3 Å². The van der Waals surface area contributed by atoms with Crippen molar-refractivity contribution in [1.82, 2.24) is 14.5 Å². The maximum atomic E-state index is 13.4. The minimum Gasteiger partial charge on any atom is -0.378 e. The van der Waals surface area contributed by atoms with Crippen molar-refractivity contribution in [3.05, 3.63) is 51.9 Å². The molecule has 1 aromatic carbocycles. The maximum absolute atomic E-state index is 13.4. The number of nitrogens with one attached hydrogen (secondary N) is 1. The van der Waals surface area contributed by atoms with E-state index >= 15 is 0 Å². The van der Waals surface area contributed by atoms with Gasteiger partial charge in [-0.2, -0.15) is 4.98 Å². The van der Waals surface area contributed by atoms with Gasteiger partial charge in [-0.15, -0.1) is 0 Å². The number of fused-ring (bicyclic) bond motifs is 1. The molecule has 0 amide bonds. The molecule has 1 aliphatic carbocycles. The first-order valence-corrected chi connectivity index (χ1v) is 15.0. The van der Waals surface area contributed by atoms with Gasteiger partial charge in [0.2, 0.25) is 5.95 Å². The highest BCUT2D eigenvalue weighted by Crippen LogP contribution is 2.27. The SMILES string of the molecule is Cc1cc(S(=O)(=O)CCCOC2CCC(C=O)CC2)ccc1Nc1ncc2cc(C(F)F)c(=O)n(C(C)C)c2n1. The summed E-state index contributed by atoms with van der Waals surface area (Å²) in [5, 5.41) is 3.35. The Balaban J connectivity index is 1.44. The normalized spacial score (nSPS) is 18.0. The molecule has 0 atom stereocenters. The first kappa shape index (κ1) is 29.7. The number of halogens is 2. The van der Waals surface area contributed by atoms with E-state index < -0.39 is 33.4 Å². The van der Waals surface area contributed by atoms with Crippen molar-refractivity contribution in [1.29, 1.82) is 0 Å². The standard InChI is InChI=1S/C28H34F2N4O5S/c1-17(2)34-26-20(14-23(25(29)30)27(34)36)15-31-28(33-26)32-24-10-9-22(13-18(24)3)40(37,38)12-4-11-39-21-7-5-19(16-35)6-8-21/h9-10,13-17,19,21,25H,4-8,11-12H2,1-3H3,(H,31,32,33). The second kappa shape index (κ2) is 12.5. The number of aldehydes is 1. The number of rotatable bonds is 11. The predicted molar refractivity (Wildman–Crippen MR) is 148 cm³/mol. The number of alkyl halides is 2. The van der Waals surface area contributed by atoms with Crippen LogP contribution < -0.4 is 10.9 Å². The Morgan fingerprint density at radius 1 is 1.18 bits per heavy atom. The summed E-state index contributed by atoms with van der Waals surface area (Å²) in [6.07, 6.45) is 3.15. The molecule has 0 spiro atoms. The Hall–Kier alpha value is -3.25. The average Bonchev–Trinajstić information content (AvgIpc) is 2.91. The first-order chi connectivity index (χ1) is 19.0. The van der Waals surface area contributed by atoms with Crippen LogP contribution in [0.25, 0.3) is 11.0 Å². The third kappa shape index (κ3) is 6.72. The van der Waals surface area contributed by atoms with Crippen LogP contribution in [-0.4, -0.2) is 47.7 Å². The lowest BCUT2D eigenvalue weighted by atomic mass is 9.88. The Morgan fingerprint density at radius 3 is 2.52 bits per heavy atom. The van der Waals surface area contributed by atoms with Crippen molar-refractivity contribution in [2.24, 2.45) is 5.92 Å². The maximum Gasteiger partial charge on any atom is 0.269 e. The predicted octanol–water partition coefficient (Wildman–Crippen LogP) is 5.30. The summed E-state index contributed by atoms with van der Waals surface area (Å²) >= 11 is 0. The van der Waals surface area contributed by atoms with Gasteiger partial charge in [-0.3, -0.25) is 9.36 Å². The lowest BCUT2D eigenvalue weighted by Crippen LogP contribution is -2.26. The van der Waals surface area contributed by atoms with Crippen LogP contribution in [0, 0.1) is 12.8 Å². The molecule has 1 fully saturated rings. The number of aromatic nitrogens is 3. The molecule has 0 radical (unpaired) electrons. The van der Waals surface area contributed by atoms with E-state index in [-0.39, 0.29) is 34.3 Å². The number of carbonyl (C=O) groups excluding carboxylic acids is 1. The van der Waals surface area contributed by atoms with E-state index in [1.807, 2.05) is 0 Å². The van der Waals surface area contributed by atoms with Crippen molar-refractivity contribution in [2.75, 3.05) is 17.7 Å². The van der Waals surface area contributed by atoms with Crippen LogP contribution in [-0.2, 0) is 19.4 Å². The average molecular weight is 577 g/mol. The number of aryl methyl sites for hydroxylation is 1. The quantitative estimate of drug-likeness (QED) is 0.241. The van der Waals surface area contributed by atoms with Crippen LogP contribution in [0.15, 0.2) is 40.2 Å². The molecule has 9 nitrogen and oxygen atoms in total. The van der Waals surface area contributed by atoms with Gasteiger partial charge in [0.25, 0.3) is 12.0 Å². The fraction of sp³-hybridized carbons (Fsp3) is 0.500. The van der Waals surface area contributed by atoms with Crippen LogP contribution in [0.1, 0.15) is 69.5 Å². The molecular weight excluding hydrogens is 542 g/mol. The number of hydrogen-bond donors (Lipinski definition) is 1. The van der Waals surface area contributed by atoms with Gasteiger partial charge < -0.3 is 14.8 Å². The zero-order valence-corrected chi connectivity index (χ0v) is 23.6. The largest absolute Gasteiger partial charge is 0.378 e. The highest BCUT2D eigenvalue weighted by molar-refractivity contribution is 7.91. The van der Waals surface area contributed by atoms with Gasteiger partial charge in [0.05, 0.1) is 22.3 Å². The minimum atomic E-state index is -3.53. The van der Waals surface area contributed by atoms with E-state index in [0.717, 1.165) is 38.0 Å². The lowest BCUT2D eigenvalue weighted by molar-refractivity contribution is -0.112. The van der Waals surface area contributed by atoms with Crippen LogP contribution in [0.2, 0.25) is 0 Å². The van der Waals surface area contributed by atoms with Crippen LogP contribution in [0.3, 0.4) is 0 Å². The number of nitrogens with zero attached hydrogens (tertiary/aromatic N) is 3. The molecule has 0 unspecified atom stereocenters. The summed E-state index contributed by atoms with van der Waals surface area (Å²) in [4.78, 5) is 32.3. The van der Waals surface area contributed by atoms with Gasteiger partial charge in [0.15, 0.2) is 9.84 Å². The van der Waals surface area contributed by atoms with E-state index in [0.29, 0.717) is 29.7 Å². The molecular formula is C28H34F2N4O5S. The van der Waals surface area contributed by atoms with Crippen LogP contribution in [0.5, 0.6) is 0 Å². The number of carbonyl (C=O) groups is 1. The fourth-order valence-electron chi connectivity index (χ4n) is 4.94. The Bertz CT molecular complexity index is 1530. The summed E-state index contributed by atoms with van der Waals surface area (Å²) in [6, 6.07) is 5.39. The summed E-state index contributed by atoms with van der Waals surface area (Å²) in [5.74, 6) is 0.199. The minimum absolute atomic E-state index is 0.0516. The smallest absolute Gasteiger partial charge is 0.269 e. The Morgan fingerprint density at radius 2 is 1.90 bits per heavy atom. The Labute approximate surface area is 231 Å². The molecule has 216 valence electrons. The number of benzene rings is 1. The van der Waals surface area contributed by atoms with Gasteiger partial charge in [-0.05, 0) is 82.7 Å². The molecule has 0 aliphatic heterocycles. The third-order valence-corrected chi connectivity index (χ3v) is 8.98. The summed E-state index contributed by atoms with van der Waals surface area (Å²) in [6.45, 7) is 5.51. The first-order valence-electron chi connectivity index (χ1n) is 13.4. The summed E-state index contributed by atoms with van der Waals surface area (Å²) in [5.41, 5.74) is 0.0187. The third-order valence-electron chi connectivity index (χ3n) is 7.18. The molecule has 40 heavy (non-hydrogen) atoms. The lowest BCUT2D eigenvalue weighted by Gasteiger charge is -2.25. The van der Waals surface area contributed by atoms with Gasteiger partial charge >= 0.3 is 0 Å². The number of ether oxygens (including phenoxy) is 1. The van der Waals surface area contributed by atoms with Gasteiger partial charge in [0, 0.05) is 35.8 Å².